The number of rotatable bonds is 6. The number of nitrogens with zero attached hydrogens (tertiary/aromatic N) is 1. The topological polar surface area (TPSA) is 68.0 Å². The summed E-state index contributed by atoms with van der Waals surface area (Å²) in [4.78, 5) is 15.9. The summed E-state index contributed by atoms with van der Waals surface area (Å²) < 4.78 is 0. The van der Waals surface area contributed by atoms with Gasteiger partial charge in [-0.3, -0.25) is 4.79 Å². The first-order chi connectivity index (χ1) is 9.25. The van der Waals surface area contributed by atoms with Crippen LogP contribution >= 0.6 is 11.3 Å². The molecule has 1 unspecified atom stereocenters. The van der Waals surface area contributed by atoms with Crippen LogP contribution in [0.5, 0.6) is 0 Å². The van der Waals surface area contributed by atoms with Crippen LogP contribution in [0.25, 0.3) is 0 Å². The normalized spacial score (nSPS) is 12.1. The van der Waals surface area contributed by atoms with E-state index in [1.165, 1.54) is 16.9 Å². The maximum Gasteiger partial charge on any atom is 0.237 e. The van der Waals surface area contributed by atoms with E-state index in [9.17, 15) is 4.79 Å². The van der Waals surface area contributed by atoms with Crippen molar-refractivity contribution in [3.63, 3.8) is 0 Å². The minimum Gasteiger partial charge on any atom is -0.348 e. The van der Waals surface area contributed by atoms with E-state index in [0.717, 1.165) is 11.4 Å². The number of aromatic nitrogens is 1. The molecule has 0 fully saturated rings. The maximum absolute atomic E-state index is 11.8. The monoisotopic (exact) mass is 275 g/mol. The number of benzene rings is 1. The molecular formula is C14H17N3OS. The summed E-state index contributed by atoms with van der Waals surface area (Å²) in [5.74, 6) is -0.119. The standard InChI is InChI=1S/C14H17N3OS/c15-12(7-6-11-4-2-1-3-5-11)14(18)17-10-13-16-8-9-19-13/h1-5,8-9,12H,6-7,10,15H2,(H,17,18). The lowest BCUT2D eigenvalue weighted by molar-refractivity contribution is -0.122. The van der Waals surface area contributed by atoms with Gasteiger partial charge in [0.05, 0.1) is 12.6 Å². The van der Waals surface area contributed by atoms with Crippen molar-refractivity contribution < 1.29 is 4.79 Å². The van der Waals surface area contributed by atoms with Crippen LogP contribution in [0, 0.1) is 0 Å². The molecule has 0 aliphatic heterocycles. The van der Waals surface area contributed by atoms with E-state index in [-0.39, 0.29) is 5.91 Å². The van der Waals surface area contributed by atoms with Gasteiger partial charge in [-0.1, -0.05) is 30.3 Å². The van der Waals surface area contributed by atoms with E-state index in [1.807, 2.05) is 35.7 Å². The zero-order valence-electron chi connectivity index (χ0n) is 10.6. The zero-order valence-corrected chi connectivity index (χ0v) is 11.4. The molecule has 100 valence electrons. The van der Waals surface area contributed by atoms with Crippen molar-refractivity contribution in [2.75, 3.05) is 0 Å². The van der Waals surface area contributed by atoms with Crippen molar-refractivity contribution in [3.8, 4) is 0 Å². The van der Waals surface area contributed by atoms with E-state index < -0.39 is 6.04 Å². The molecule has 4 nitrogen and oxygen atoms in total. The Balaban J connectivity index is 1.73. The van der Waals surface area contributed by atoms with Crippen LogP contribution in [0.3, 0.4) is 0 Å². The summed E-state index contributed by atoms with van der Waals surface area (Å²) in [5, 5.41) is 5.58. The van der Waals surface area contributed by atoms with Crippen molar-refractivity contribution in [2.24, 2.45) is 5.73 Å². The number of aryl methyl sites for hydroxylation is 1. The Morgan fingerprint density at radius 2 is 2.16 bits per heavy atom. The second-order valence-electron chi connectivity index (χ2n) is 4.27. The van der Waals surface area contributed by atoms with Gasteiger partial charge in [0.2, 0.25) is 5.91 Å². The van der Waals surface area contributed by atoms with Crippen LogP contribution in [0.1, 0.15) is 17.0 Å². The molecule has 2 aromatic rings. The zero-order chi connectivity index (χ0) is 13.5. The van der Waals surface area contributed by atoms with Crippen molar-refractivity contribution >= 4 is 17.2 Å². The van der Waals surface area contributed by atoms with Gasteiger partial charge in [-0.05, 0) is 18.4 Å². The molecule has 1 aromatic carbocycles. The summed E-state index contributed by atoms with van der Waals surface area (Å²) in [5.41, 5.74) is 7.08. The predicted octanol–water partition coefficient (Wildman–Crippen LogP) is 1.72. The SMILES string of the molecule is NC(CCc1ccccc1)C(=O)NCc1nccs1. The lowest BCUT2D eigenvalue weighted by Crippen LogP contribution is -2.40. The summed E-state index contributed by atoms with van der Waals surface area (Å²) >= 11 is 1.52. The van der Waals surface area contributed by atoms with Gasteiger partial charge in [-0.25, -0.2) is 4.98 Å². The van der Waals surface area contributed by atoms with E-state index in [2.05, 4.69) is 10.3 Å². The Bertz CT molecular complexity index is 499. The third-order valence-corrected chi connectivity index (χ3v) is 3.60. The fourth-order valence-corrected chi connectivity index (χ4v) is 2.29. The van der Waals surface area contributed by atoms with Gasteiger partial charge in [0.1, 0.15) is 5.01 Å². The molecule has 0 saturated carbocycles. The number of hydrogen-bond acceptors (Lipinski definition) is 4. The number of amides is 1. The van der Waals surface area contributed by atoms with Gasteiger partial charge in [-0.2, -0.15) is 0 Å². The molecule has 1 heterocycles. The first-order valence-corrected chi connectivity index (χ1v) is 7.09. The highest BCUT2D eigenvalue weighted by Gasteiger charge is 2.13. The van der Waals surface area contributed by atoms with Crippen LogP contribution in [0.15, 0.2) is 41.9 Å². The molecule has 0 aliphatic rings. The Kier molecular flexibility index (Phi) is 5.06. The molecule has 0 aliphatic carbocycles. The van der Waals surface area contributed by atoms with E-state index in [4.69, 9.17) is 5.73 Å². The number of hydrogen-bond donors (Lipinski definition) is 2. The summed E-state index contributed by atoms with van der Waals surface area (Å²) in [6.45, 7) is 0.454. The van der Waals surface area contributed by atoms with Crippen molar-refractivity contribution in [2.45, 2.75) is 25.4 Å². The highest BCUT2D eigenvalue weighted by atomic mass is 32.1. The Morgan fingerprint density at radius 1 is 1.37 bits per heavy atom. The fraction of sp³-hybridized carbons (Fsp3) is 0.286. The van der Waals surface area contributed by atoms with E-state index in [1.54, 1.807) is 6.20 Å². The smallest absolute Gasteiger partial charge is 0.237 e. The number of nitrogens with one attached hydrogen (secondary N) is 1. The average Bonchev–Trinajstić information content (AvgIpc) is 2.96. The molecule has 19 heavy (non-hydrogen) atoms. The average molecular weight is 275 g/mol. The van der Waals surface area contributed by atoms with Crippen LogP contribution in [-0.2, 0) is 17.8 Å². The molecule has 1 amide bonds. The molecule has 1 atom stereocenters. The highest BCUT2D eigenvalue weighted by molar-refractivity contribution is 7.09. The van der Waals surface area contributed by atoms with Crippen molar-refractivity contribution in [1.29, 1.82) is 0 Å². The fourth-order valence-electron chi connectivity index (χ4n) is 1.73. The first kappa shape index (κ1) is 13.7. The third-order valence-electron chi connectivity index (χ3n) is 2.82. The molecule has 2 rings (SSSR count). The largest absolute Gasteiger partial charge is 0.348 e. The molecular weight excluding hydrogens is 258 g/mol. The Labute approximate surface area is 116 Å². The van der Waals surface area contributed by atoms with Crippen molar-refractivity contribution in [3.05, 3.63) is 52.5 Å². The summed E-state index contributed by atoms with van der Waals surface area (Å²) in [6.07, 6.45) is 3.18. The number of nitrogens with two attached hydrogens (primary N) is 1. The van der Waals surface area contributed by atoms with Gasteiger partial charge in [0, 0.05) is 11.6 Å². The van der Waals surface area contributed by atoms with Gasteiger partial charge in [-0.15, -0.1) is 11.3 Å². The number of thiazole rings is 1. The first-order valence-electron chi connectivity index (χ1n) is 6.21. The minimum absolute atomic E-state index is 0.119. The molecule has 0 spiro atoms. The summed E-state index contributed by atoms with van der Waals surface area (Å²) in [6, 6.07) is 9.57. The molecule has 5 heteroatoms. The van der Waals surface area contributed by atoms with Gasteiger partial charge in [0.25, 0.3) is 0 Å². The quantitative estimate of drug-likeness (QED) is 0.843. The van der Waals surface area contributed by atoms with Gasteiger partial charge in [0.15, 0.2) is 0 Å². The summed E-state index contributed by atoms with van der Waals surface area (Å²) in [7, 11) is 0. The van der Waals surface area contributed by atoms with Gasteiger partial charge < -0.3 is 11.1 Å². The number of carbonyl (C=O) groups excluding carboxylic acids is 1. The Morgan fingerprint density at radius 3 is 2.84 bits per heavy atom. The maximum atomic E-state index is 11.8. The van der Waals surface area contributed by atoms with E-state index >= 15 is 0 Å². The lowest BCUT2D eigenvalue weighted by Gasteiger charge is -2.11. The molecule has 1 aromatic heterocycles. The molecule has 0 radical (unpaired) electrons. The van der Waals surface area contributed by atoms with Crippen LogP contribution in [-0.4, -0.2) is 16.9 Å². The minimum atomic E-state index is -0.472. The Hall–Kier alpha value is -1.72. The molecule has 3 N–H and O–H groups in total. The van der Waals surface area contributed by atoms with Crippen LogP contribution in [0.2, 0.25) is 0 Å². The third kappa shape index (κ3) is 4.46. The highest BCUT2D eigenvalue weighted by Crippen LogP contribution is 2.05. The second kappa shape index (κ2) is 7.01. The lowest BCUT2D eigenvalue weighted by atomic mass is 10.1. The molecule has 0 bridgehead atoms. The van der Waals surface area contributed by atoms with Gasteiger partial charge >= 0.3 is 0 Å². The second-order valence-corrected chi connectivity index (χ2v) is 5.25. The van der Waals surface area contributed by atoms with Crippen LogP contribution < -0.4 is 11.1 Å². The van der Waals surface area contributed by atoms with Crippen molar-refractivity contribution in [1.82, 2.24) is 10.3 Å². The predicted molar refractivity (Wildman–Crippen MR) is 76.7 cm³/mol. The van der Waals surface area contributed by atoms with E-state index in [0.29, 0.717) is 13.0 Å². The molecule has 0 saturated heterocycles. The van der Waals surface area contributed by atoms with Crippen LogP contribution in [0.4, 0.5) is 0 Å². The number of carbonyl (C=O) groups is 1.